The van der Waals surface area contributed by atoms with Crippen molar-refractivity contribution in [3.63, 3.8) is 0 Å². The van der Waals surface area contributed by atoms with Crippen LogP contribution in [0, 0.1) is 0 Å². The molecule has 0 radical (unpaired) electrons. The minimum Gasteiger partial charge on any atom is -0.353 e. The van der Waals surface area contributed by atoms with Gasteiger partial charge in [0.05, 0.1) is 0 Å². The first kappa shape index (κ1) is 8.50. The fourth-order valence-corrected chi connectivity index (χ4v) is 1.57. The number of rotatable bonds is 1. The summed E-state index contributed by atoms with van der Waals surface area (Å²) in [7, 11) is 0. The molecule has 0 bridgehead atoms. The highest BCUT2D eigenvalue weighted by atomic mass is 15.4. The van der Waals surface area contributed by atoms with E-state index in [1.807, 2.05) is 0 Å². The summed E-state index contributed by atoms with van der Waals surface area (Å²) >= 11 is 0. The van der Waals surface area contributed by atoms with Gasteiger partial charge in [0, 0.05) is 25.0 Å². The number of nitrogens with one attached hydrogen (secondary N) is 1. The van der Waals surface area contributed by atoms with E-state index in [4.69, 9.17) is 5.73 Å². The molecule has 0 spiro atoms. The predicted molar refractivity (Wildman–Crippen MR) is 50.6 cm³/mol. The van der Waals surface area contributed by atoms with Crippen LogP contribution in [0.5, 0.6) is 0 Å². The molecule has 0 fully saturated rings. The molecule has 13 heavy (non-hydrogen) atoms. The van der Waals surface area contributed by atoms with Crippen LogP contribution in [0.2, 0.25) is 0 Å². The molecule has 0 aliphatic carbocycles. The fourth-order valence-electron chi connectivity index (χ4n) is 1.57. The first-order valence-corrected chi connectivity index (χ1v) is 4.61. The minimum atomic E-state index is 0.168. The highest BCUT2D eigenvalue weighted by Gasteiger charge is 2.20. The zero-order valence-corrected chi connectivity index (χ0v) is 7.99. The largest absolute Gasteiger partial charge is 0.353 e. The third kappa shape index (κ3) is 1.39. The fraction of sp³-hybridized carbons (Fsp3) is 0.750. The Balaban J connectivity index is 2.35. The van der Waals surface area contributed by atoms with E-state index in [2.05, 4.69) is 33.9 Å². The van der Waals surface area contributed by atoms with Crippen LogP contribution in [-0.4, -0.2) is 27.4 Å². The number of hydrogen-bond donors (Lipinski definition) is 2. The predicted octanol–water partition coefficient (Wildman–Crippen LogP) is 0.154. The van der Waals surface area contributed by atoms with E-state index in [0.717, 1.165) is 24.9 Å². The summed E-state index contributed by atoms with van der Waals surface area (Å²) in [6, 6.07) is 0.168. The number of nitrogens with zero attached hydrogens (tertiary/aromatic N) is 3. The first-order valence-electron chi connectivity index (χ1n) is 4.61. The lowest BCUT2D eigenvalue weighted by molar-refractivity contribution is 0.516. The Labute approximate surface area is 77.3 Å². The molecule has 1 aromatic rings. The van der Waals surface area contributed by atoms with E-state index in [1.54, 1.807) is 0 Å². The molecule has 1 aliphatic heterocycles. The van der Waals surface area contributed by atoms with Gasteiger partial charge in [0.15, 0.2) is 0 Å². The molecule has 5 heteroatoms. The van der Waals surface area contributed by atoms with Crippen LogP contribution in [0.4, 0.5) is 5.95 Å². The van der Waals surface area contributed by atoms with Gasteiger partial charge in [-0.3, -0.25) is 4.57 Å². The number of nitrogens with two attached hydrogens (primary N) is 1. The molecule has 1 aromatic heterocycles. The van der Waals surface area contributed by atoms with Crippen LogP contribution >= 0.6 is 0 Å². The summed E-state index contributed by atoms with van der Waals surface area (Å²) in [4.78, 5) is 0. The van der Waals surface area contributed by atoms with Crippen LogP contribution < -0.4 is 11.1 Å². The van der Waals surface area contributed by atoms with Crippen molar-refractivity contribution in [3.05, 3.63) is 5.82 Å². The first-order chi connectivity index (χ1) is 6.18. The lowest BCUT2D eigenvalue weighted by atomic mass is 10.2. The molecule has 2 heterocycles. The Morgan fingerprint density at radius 1 is 1.54 bits per heavy atom. The van der Waals surface area contributed by atoms with Gasteiger partial charge in [0.25, 0.3) is 0 Å². The average Bonchev–Trinajstić information content (AvgIpc) is 2.46. The van der Waals surface area contributed by atoms with Gasteiger partial charge in [-0.05, 0) is 0 Å². The maximum atomic E-state index is 5.84. The molecule has 0 amide bonds. The van der Waals surface area contributed by atoms with Gasteiger partial charge in [-0.25, -0.2) is 0 Å². The van der Waals surface area contributed by atoms with Gasteiger partial charge in [0.1, 0.15) is 5.82 Å². The summed E-state index contributed by atoms with van der Waals surface area (Å²) in [5.74, 6) is 2.26. The second-order valence-electron chi connectivity index (χ2n) is 3.79. The Bertz CT molecular complexity index is 303. The Hall–Kier alpha value is -1.10. The normalized spacial score (nSPS) is 21.4. The minimum absolute atomic E-state index is 0.168. The zero-order chi connectivity index (χ0) is 9.42. The molecule has 1 unspecified atom stereocenters. The van der Waals surface area contributed by atoms with Crippen LogP contribution in [0.3, 0.4) is 0 Å². The molecule has 0 saturated carbocycles. The molecule has 1 atom stereocenters. The Kier molecular flexibility index (Phi) is 1.95. The topological polar surface area (TPSA) is 68.8 Å². The van der Waals surface area contributed by atoms with Crippen molar-refractivity contribution in [3.8, 4) is 0 Å². The molecular formula is C8H15N5. The SMILES string of the molecule is CC(C)c1nnc2n1CC(N)CN2. The third-order valence-corrected chi connectivity index (χ3v) is 2.24. The summed E-state index contributed by atoms with van der Waals surface area (Å²) < 4.78 is 2.07. The summed E-state index contributed by atoms with van der Waals surface area (Å²) in [5, 5.41) is 11.3. The summed E-state index contributed by atoms with van der Waals surface area (Å²) in [5.41, 5.74) is 5.84. The van der Waals surface area contributed by atoms with Gasteiger partial charge in [0.2, 0.25) is 5.95 Å². The quantitative estimate of drug-likeness (QED) is 0.647. The molecule has 3 N–H and O–H groups in total. The number of fused-ring (bicyclic) bond motifs is 1. The standard InChI is InChI=1S/C8H15N5/c1-5(2)7-11-12-8-10-3-6(9)4-13(7)8/h5-6H,3-4,9H2,1-2H3,(H,10,12). The van der Waals surface area contributed by atoms with Gasteiger partial charge in [-0.2, -0.15) is 0 Å². The van der Waals surface area contributed by atoms with E-state index in [0.29, 0.717) is 5.92 Å². The summed E-state index contributed by atoms with van der Waals surface area (Å²) in [6.07, 6.45) is 0. The maximum Gasteiger partial charge on any atom is 0.224 e. The molecule has 2 rings (SSSR count). The van der Waals surface area contributed by atoms with Crippen LogP contribution in [0.1, 0.15) is 25.6 Å². The number of hydrogen-bond acceptors (Lipinski definition) is 4. The molecule has 1 aliphatic rings. The molecule has 0 aromatic carbocycles. The van der Waals surface area contributed by atoms with Crippen molar-refractivity contribution in [2.45, 2.75) is 32.4 Å². The van der Waals surface area contributed by atoms with Crippen molar-refractivity contribution in [2.24, 2.45) is 5.73 Å². The third-order valence-electron chi connectivity index (χ3n) is 2.24. The lowest BCUT2D eigenvalue weighted by Crippen LogP contribution is -2.39. The summed E-state index contributed by atoms with van der Waals surface area (Å²) in [6.45, 7) is 5.83. The molecular weight excluding hydrogens is 166 g/mol. The second-order valence-corrected chi connectivity index (χ2v) is 3.79. The van der Waals surface area contributed by atoms with Crippen molar-refractivity contribution in [1.82, 2.24) is 14.8 Å². The zero-order valence-electron chi connectivity index (χ0n) is 7.99. The Morgan fingerprint density at radius 2 is 2.31 bits per heavy atom. The van der Waals surface area contributed by atoms with E-state index in [1.165, 1.54) is 0 Å². The van der Waals surface area contributed by atoms with Crippen molar-refractivity contribution in [1.29, 1.82) is 0 Å². The van der Waals surface area contributed by atoms with E-state index in [9.17, 15) is 0 Å². The molecule has 0 saturated heterocycles. The second kappa shape index (κ2) is 2.99. The van der Waals surface area contributed by atoms with Crippen LogP contribution in [0.25, 0.3) is 0 Å². The monoisotopic (exact) mass is 181 g/mol. The smallest absolute Gasteiger partial charge is 0.224 e. The average molecular weight is 181 g/mol. The van der Waals surface area contributed by atoms with E-state index >= 15 is 0 Å². The molecule has 72 valence electrons. The lowest BCUT2D eigenvalue weighted by Gasteiger charge is -2.22. The highest BCUT2D eigenvalue weighted by Crippen LogP contribution is 2.18. The molecule has 5 nitrogen and oxygen atoms in total. The van der Waals surface area contributed by atoms with E-state index < -0.39 is 0 Å². The van der Waals surface area contributed by atoms with Crippen molar-refractivity contribution >= 4 is 5.95 Å². The van der Waals surface area contributed by atoms with Crippen LogP contribution in [0.15, 0.2) is 0 Å². The van der Waals surface area contributed by atoms with Gasteiger partial charge in [-0.1, -0.05) is 13.8 Å². The van der Waals surface area contributed by atoms with E-state index in [-0.39, 0.29) is 6.04 Å². The van der Waals surface area contributed by atoms with Crippen molar-refractivity contribution < 1.29 is 0 Å². The Morgan fingerprint density at radius 3 is 3.00 bits per heavy atom. The van der Waals surface area contributed by atoms with Gasteiger partial charge in [-0.15, -0.1) is 10.2 Å². The number of aromatic nitrogens is 3. The highest BCUT2D eigenvalue weighted by molar-refractivity contribution is 5.29. The number of anilines is 1. The van der Waals surface area contributed by atoms with Crippen molar-refractivity contribution in [2.75, 3.05) is 11.9 Å². The van der Waals surface area contributed by atoms with Gasteiger partial charge < -0.3 is 11.1 Å². The maximum absolute atomic E-state index is 5.84. The van der Waals surface area contributed by atoms with Gasteiger partial charge >= 0.3 is 0 Å². The van der Waals surface area contributed by atoms with Crippen LogP contribution in [-0.2, 0) is 6.54 Å².